The van der Waals surface area contributed by atoms with Crippen LogP contribution in [0.4, 0.5) is 0 Å². The van der Waals surface area contributed by atoms with E-state index in [0.717, 1.165) is 5.56 Å². The van der Waals surface area contributed by atoms with Crippen molar-refractivity contribution in [3.8, 4) is 0 Å². The fourth-order valence-electron chi connectivity index (χ4n) is 1.16. The zero-order valence-corrected chi connectivity index (χ0v) is 10.7. The lowest BCUT2D eigenvalue weighted by Gasteiger charge is -2.06. The SMILES string of the molecule is CNC(=O)CNC(=O)c1cc(C)ccc1Br. The number of aryl methyl sites for hydroxylation is 1. The van der Waals surface area contributed by atoms with Crippen LogP contribution >= 0.6 is 15.9 Å². The van der Waals surface area contributed by atoms with Crippen molar-refractivity contribution in [1.82, 2.24) is 10.6 Å². The third-order valence-corrected chi connectivity index (χ3v) is 2.75. The smallest absolute Gasteiger partial charge is 0.252 e. The van der Waals surface area contributed by atoms with Crippen molar-refractivity contribution in [2.75, 3.05) is 13.6 Å². The first-order valence-electron chi connectivity index (χ1n) is 4.79. The van der Waals surface area contributed by atoms with E-state index in [9.17, 15) is 9.59 Å². The maximum Gasteiger partial charge on any atom is 0.252 e. The summed E-state index contributed by atoms with van der Waals surface area (Å²) in [6.45, 7) is 1.89. The number of hydrogen-bond acceptors (Lipinski definition) is 2. The summed E-state index contributed by atoms with van der Waals surface area (Å²) in [4.78, 5) is 22.7. The second kappa shape index (κ2) is 5.65. The first-order valence-corrected chi connectivity index (χ1v) is 5.59. The van der Waals surface area contributed by atoms with E-state index in [1.165, 1.54) is 7.05 Å². The van der Waals surface area contributed by atoms with Gasteiger partial charge in [0, 0.05) is 11.5 Å². The molecule has 5 heteroatoms. The highest BCUT2D eigenvalue weighted by Crippen LogP contribution is 2.17. The molecule has 0 heterocycles. The molecule has 0 spiro atoms. The van der Waals surface area contributed by atoms with Crippen LogP contribution in [0.15, 0.2) is 22.7 Å². The number of carbonyl (C=O) groups excluding carboxylic acids is 2. The summed E-state index contributed by atoms with van der Waals surface area (Å²) in [5, 5.41) is 4.97. The molecule has 0 saturated heterocycles. The average molecular weight is 285 g/mol. The molecule has 1 aromatic carbocycles. The highest BCUT2D eigenvalue weighted by molar-refractivity contribution is 9.10. The predicted octanol–water partition coefficient (Wildman–Crippen LogP) is 1.23. The van der Waals surface area contributed by atoms with Gasteiger partial charge in [-0.05, 0) is 35.0 Å². The molecule has 0 aliphatic carbocycles. The highest BCUT2D eigenvalue weighted by Gasteiger charge is 2.10. The molecule has 0 saturated carbocycles. The molecule has 1 rings (SSSR count). The van der Waals surface area contributed by atoms with Crippen molar-refractivity contribution < 1.29 is 9.59 Å². The third kappa shape index (κ3) is 3.34. The van der Waals surface area contributed by atoms with Crippen LogP contribution in [0.2, 0.25) is 0 Å². The van der Waals surface area contributed by atoms with E-state index in [-0.39, 0.29) is 18.4 Å². The molecule has 4 nitrogen and oxygen atoms in total. The van der Waals surface area contributed by atoms with E-state index < -0.39 is 0 Å². The molecule has 0 radical (unpaired) electrons. The first-order chi connectivity index (χ1) is 7.54. The molecule has 16 heavy (non-hydrogen) atoms. The van der Waals surface area contributed by atoms with Gasteiger partial charge in [-0.1, -0.05) is 11.6 Å². The molecule has 2 amide bonds. The van der Waals surface area contributed by atoms with Crippen molar-refractivity contribution in [1.29, 1.82) is 0 Å². The molecule has 86 valence electrons. The average Bonchev–Trinajstić information content (AvgIpc) is 2.28. The number of carbonyl (C=O) groups is 2. The van der Waals surface area contributed by atoms with Crippen LogP contribution in [0.1, 0.15) is 15.9 Å². The maximum absolute atomic E-state index is 11.7. The topological polar surface area (TPSA) is 58.2 Å². The Hall–Kier alpha value is -1.36. The molecular formula is C11H13BrN2O2. The number of nitrogens with one attached hydrogen (secondary N) is 2. The van der Waals surface area contributed by atoms with Gasteiger partial charge in [0.05, 0.1) is 12.1 Å². The molecule has 0 atom stereocenters. The van der Waals surface area contributed by atoms with Crippen molar-refractivity contribution >= 4 is 27.7 Å². The molecule has 0 fully saturated rings. The Morgan fingerprint density at radius 2 is 2.06 bits per heavy atom. The zero-order valence-electron chi connectivity index (χ0n) is 9.13. The molecular weight excluding hydrogens is 272 g/mol. The van der Waals surface area contributed by atoms with Crippen molar-refractivity contribution in [2.24, 2.45) is 0 Å². The number of benzene rings is 1. The van der Waals surface area contributed by atoms with Gasteiger partial charge in [0.1, 0.15) is 0 Å². The Morgan fingerprint density at radius 1 is 1.38 bits per heavy atom. The van der Waals surface area contributed by atoms with E-state index >= 15 is 0 Å². The minimum absolute atomic E-state index is 0.0181. The van der Waals surface area contributed by atoms with Crippen LogP contribution in [0, 0.1) is 6.92 Å². The first kappa shape index (κ1) is 12.7. The quantitative estimate of drug-likeness (QED) is 0.877. The fraction of sp³-hybridized carbons (Fsp3) is 0.273. The van der Waals surface area contributed by atoms with Gasteiger partial charge in [-0.3, -0.25) is 9.59 Å². The molecule has 2 N–H and O–H groups in total. The summed E-state index contributed by atoms with van der Waals surface area (Å²) >= 11 is 3.29. The molecule has 0 bridgehead atoms. The van der Waals surface area contributed by atoms with Gasteiger partial charge >= 0.3 is 0 Å². The number of hydrogen-bond donors (Lipinski definition) is 2. The largest absolute Gasteiger partial charge is 0.358 e. The van der Waals surface area contributed by atoms with Gasteiger partial charge in [-0.15, -0.1) is 0 Å². The molecule has 0 aromatic heterocycles. The van der Waals surface area contributed by atoms with E-state index in [1.807, 2.05) is 19.1 Å². The summed E-state index contributed by atoms with van der Waals surface area (Å²) in [5.74, 6) is -0.490. The standard InChI is InChI=1S/C11H13BrN2O2/c1-7-3-4-9(12)8(5-7)11(16)14-6-10(15)13-2/h3-5H,6H2,1-2H3,(H,13,15)(H,14,16). The van der Waals surface area contributed by atoms with Crippen LogP contribution in [0.5, 0.6) is 0 Å². The van der Waals surface area contributed by atoms with E-state index in [2.05, 4.69) is 26.6 Å². The van der Waals surface area contributed by atoms with Gasteiger partial charge in [-0.25, -0.2) is 0 Å². The van der Waals surface area contributed by atoms with Gasteiger partial charge in [0.15, 0.2) is 0 Å². The molecule has 0 aliphatic rings. The summed E-state index contributed by atoms with van der Waals surface area (Å²) in [6, 6.07) is 5.48. The van der Waals surface area contributed by atoms with Gasteiger partial charge in [0.25, 0.3) is 5.91 Å². The van der Waals surface area contributed by atoms with Crippen molar-refractivity contribution in [2.45, 2.75) is 6.92 Å². The Labute approximate surface area is 103 Å². The van der Waals surface area contributed by atoms with Crippen molar-refractivity contribution in [3.05, 3.63) is 33.8 Å². The number of rotatable bonds is 3. The number of halogens is 1. The molecule has 0 aliphatic heterocycles. The van der Waals surface area contributed by atoms with E-state index in [4.69, 9.17) is 0 Å². The second-order valence-electron chi connectivity index (χ2n) is 3.34. The lowest BCUT2D eigenvalue weighted by Crippen LogP contribution is -2.35. The monoisotopic (exact) mass is 284 g/mol. The maximum atomic E-state index is 11.7. The Bertz CT molecular complexity index is 418. The van der Waals surface area contributed by atoms with Crippen LogP contribution in [0.25, 0.3) is 0 Å². The van der Waals surface area contributed by atoms with E-state index in [0.29, 0.717) is 10.0 Å². The minimum Gasteiger partial charge on any atom is -0.358 e. The summed E-state index contributed by atoms with van der Waals surface area (Å²) in [6.07, 6.45) is 0. The summed E-state index contributed by atoms with van der Waals surface area (Å²) in [7, 11) is 1.52. The van der Waals surface area contributed by atoms with Crippen LogP contribution < -0.4 is 10.6 Å². The number of amides is 2. The normalized spacial score (nSPS) is 9.69. The number of likely N-dealkylation sites (N-methyl/N-ethyl adjacent to an activating group) is 1. The molecule has 1 aromatic rings. The predicted molar refractivity (Wildman–Crippen MR) is 65.3 cm³/mol. The van der Waals surface area contributed by atoms with E-state index in [1.54, 1.807) is 6.07 Å². The Morgan fingerprint density at radius 3 is 2.69 bits per heavy atom. The molecule has 0 unspecified atom stereocenters. The van der Waals surface area contributed by atoms with Crippen molar-refractivity contribution in [3.63, 3.8) is 0 Å². The lowest BCUT2D eigenvalue weighted by atomic mass is 10.1. The van der Waals surface area contributed by atoms with Crippen LogP contribution in [0.3, 0.4) is 0 Å². The zero-order chi connectivity index (χ0) is 12.1. The van der Waals surface area contributed by atoms with Crippen LogP contribution in [-0.4, -0.2) is 25.4 Å². The van der Waals surface area contributed by atoms with Crippen LogP contribution in [-0.2, 0) is 4.79 Å². The fourth-order valence-corrected chi connectivity index (χ4v) is 1.58. The lowest BCUT2D eigenvalue weighted by molar-refractivity contribution is -0.119. The highest BCUT2D eigenvalue weighted by atomic mass is 79.9. The Kier molecular flexibility index (Phi) is 4.49. The van der Waals surface area contributed by atoms with Gasteiger partial charge in [-0.2, -0.15) is 0 Å². The summed E-state index contributed by atoms with van der Waals surface area (Å²) < 4.78 is 0.715. The van der Waals surface area contributed by atoms with Gasteiger partial charge < -0.3 is 10.6 Å². The van der Waals surface area contributed by atoms with Gasteiger partial charge in [0.2, 0.25) is 5.91 Å². The minimum atomic E-state index is -0.265. The third-order valence-electron chi connectivity index (χ3n) is 2.05. The summed E-state index contributed by atoms with van der Waals surface area (Å²) in [5.41, 5.74) is 1.53. The second-order valence-corrected chi connectivity index (χ2v) is 4.19. The Balaban J connectivity index is 2.73.